The smallest absolute Gasteiger partial charge is 0.274 e. The van der Waals surface area contributed by atoms with Crippen LogP contribution in [-0.2, 0) is 17.6 Å². The van der Waals surface area contributed by atoms with Crippen LogP contribution in [0.25, 0.3) is 11.4 Å². The third-order valence-electron chi connectivity index (χ3n) is 6.22. The van der Waals surface area contributed by atoms with E-state index in [1.54, 1.807) is 13.3 Å². The van der Waals surface area contributed by atoms with Crippen LogP contribution in [0.4, 0.5) is 0 Å². The second-order valence-corrected chi connectivity index (χ2v) is 10.9. The zero-order valence-electron chi connectivity index (χ0n) is 22.3. The number of carbonyl (C=O) groups is 2. The molecule has 1 atom stereocenters. The molecule has 190 valence electrons. The number of carbonyl (C=O) groups excluding carboxylic acids is 2. The summed E-state index contributed by atoms with van der Waals surface area (Å²) in [6.07, 6.45) is 4.07. The summed E-state index contributed by atoms with van der Waals surface area (Å²) in [5.41, 5.74) is 3.74. The maximum atomic E-state index is 13.5. The van der Waals surface area contributed by atoms with Crippen LogP contribution in [-0.4, -0.2) is 67.5 Å². The fraction of sp³-hybridized carbons (Fsp3) is 0.630. The average molecular weight is 481 g/mol. The SMILES string of the molecule is CC(=O)N1CCN(C(=O)c2cc(CC(C)C)c(-c3cc(CC(C)C)ncn3)nn2)CC1CC(C)C. The van der Waals surface area contributed by atoms with Gasteiger partial charge in [0.15, 0.2) is 5.69 Å². The van der Waals surface area contributed by atoms with E-state index in [4.69, 9.17) is 0 Å². The number of hydrogen-bond acceptors (Lipinski definition) is 6. The summed E-state index contributed by atoms with van der Waals surface area (Å²) in [5, 5.41) is 8.84. The van der Waals surface area contributed by atoms with Crippen molar-refractivity contribution in [3.63, 3.8) is 0 Å². The Morgan fingerprint density at radius 3 is 2.29 bits per heavy atom. The highest BCUT2D eigenvalue weighted by molar-refractivity contribution is 5.93. The Kier molecular flexibility index (Phi) is 8.92. The number of rotatable bonds is 8. The fourth-order valence-electron chi connectivity index (χ4n) is 4.77. The standard InChI is InChI=1S/C27H40N6O2/c1-17(2)10-21-13-25(30-31-26(21)24-14-22(11-18(3)4)28-16-29-24)27(35)32-8-9-33(20(7)34)23(15-32)12-19(5)6/h13-14,16-19,23H,8-12,15H2,1-7H3. The Labute approximate surface area is 209 Å². The lowest BCUT2D eigenvalue weighted by Gasteiger charge is -2.41. The van der Waals surface area contributed by atoms with Crippen molar-refractivity contribution in [1.29, 1.82) is 0 Å². The predicted octanol–water partition coefficient (Wildman–Crippen LogP) is 4.05. The fourth-order valence-corrected chi connectivity index (χ4v) is 4.77. The number of aromatic nitrogens is 4. The summed E-state index contributed by atoms with van der Waals surface area (Å²) in [6, 6.07) is 3.88. The highest BCUT2D eigenvalue weighted by atomic mass is 16.2. The number of amides is 2. The normalized spacial score (nSPS) is 16.5. The molecule has 0 aromatic carbocycles. The lowest BCUT2D eigenvalue weighted by Crippen LogP contribution is -2.56. The Balaban J connectivity index is 1.89. The summed E-state index contributed by atoms with van der Waals surface area (Å²) in [5.74, 6) is 1.23. The molecule has 1 aliphatic rings. The van der Waals surface area contributed by atoms with Gasteiger partial charge in [0, 0.05) is 38.3 Å². The lowest BCUT2D eigenvalue weighted by atomic mass is 9.98. The van der Waals surface area contributed by atoms with Gasteiger partial charge in [0.2, 0.25) is 5.91 Å². The van der Waals surface area contributed by atoms with Crippen molar-refractivity contribution >= 4 is 11.8 Å². The minimum atomic E-state index is -0.130. The van der Waals surface area contributed by atoms with Crippen LogP contribution in [0.1, 0.15) is 76.6 Å². The van der Waals surface area contributed by atoms with Crippen molar-refractivity contribution in [3.8, 4) is 11.4 Å². The number of piperazine rings is 1. The topological polar surface area (TPSA) is 92.2 Å². The molecule has 1 fully saturated rings. The second kappa shape index (κ2) is 11.7. The average Bonchev–Trinajstić information content (AvgIpc) is 2.77. The maximum Gasteiger partial charge on any atom is 0.274 e. The molecule has 3 rings (SSSR count). The van der Waals surface area contributed by atoms with Gasteiger partial charge < -0.3 is 9.80 Å². The van der Waals surface area contributed by atoms with Gasteiger partial charge in [0.1, 0.15) is 12.0 Å². The van der Waals surface area contributed by atoms with Gasteiger partial charge in [0.25, 0.3) is 5.91 Å². The molecule has 8 nitrogen and oxygen atoms in total. The highest BCUT2D eigenvalue weighted by Crippen LogP contribution is 2.24. The van der Waals surface area contributed by atoms with E-state index >= 15 is 0 Å². The number of hydrogen-bond donors (Lipinski definition) is 0. The van der Waals surface area contributed by atoms with Crippen LogP contribution >= 0.6 is 0 Å². The second-order valence-electron chi connectivity index (χ2n) is 10.9. The molecule has 2 aromatic rings. The summed E-state index contributed by atoms with van der Waals surface area (Å²) >= 11 is 0. The van der Waals surface area contributed by atoms with Gasteiger partial charge in [-0.1, -0.05) is 41.5 Å². The summed E-state index contributed by atoms with van der Waals surface area (Å²) in [6.45, 7) is 16.1. The van der Waals surface area contributed by atoms with Crippen molar-refractivity contribution in [2.24, 2.45) is 17.8 Å². The van der Waals surface area contributed by atoms with Crippen LogP contribution in [0.2, 0.25) is 0 Å². The molecular weight excluding hydrogens is 440 g/mol. The summed E-state index contributed by atoms with van der Waals surface area (Å²) in [7, 11) is 0. The first-order valence-electron chi connectivity index (χ1n) is 12.8. The van der Waals surface area contributed by atoms with Crippen molar-refractivity contribution in [3.05, 3.63) is 35.4 Å². The Morgan fingerprint density at radius 1 is 0.943 bits per heavy atom. The Morgan fingerprint density at radius 2 is 1.66 bits per heavy atom. The Hall–Kier alpha value is -2.90. The van der Waals surface area contributed by atoms with E-state index in [1.165, 1.54) is 0 Å². The zero-order valence-corrected chi connectivity index (χ0v) is 22.3. The molecule has 1 aliphatic heterocycles. The Bertz CT molecular complexity index is 1040. The van der Waals surface area contributed by atoms with Crippen molar-refractivity contribution in [1.82, 2.24) is 30.0 Å². The van der Waals surface area contributed by atoms with Crippen LogP contribution in [0.15, 0.2) is 18.5 Å². The van der Waals surface area contributed by atoms with E-state index < -0.39 is 0 Å². The third-order valence-corrected chi connectivity index (χ3v) is 6.22. The molecule has 8 heteroatoms. The molecule has 2 amide bonds. The lowest BCUT2D eigenvalue weighted by molar-refractivity contribution is -0.133. The van der Waals surface area contributed by atoms with E-state index in [9.17, 15) is 9.59 Å². The van der Waals surface area contributed by atoms with Gasteiger partial charge in [-0.3, -0.25) is 9.59 Å². The summed E-state index contributed by atoms with van der Waals surface area (Å²) in [4.78, 5) is 38.2. The first kappa shape index (κ1) is 26.7. The van der Waals surface area contributed by atoms with Gasteiger partial charge in [-0.05, 0) is 54.7 Å². The van der Waals surface area contributed by atoms with Gasteiger partial charge in [-0.25, -0.2) is 9.97 Å². The van der Waals surface area contributed by atoms with Crippen LogP contribution in [0.5, 0.6) is 0 Å². The molecule has 35 heavy (non-hydrogen) atoms. The first-order chi connectivity index (χ1) is 16.5. The van der Waals surface area contributed by atoms with E-state index in [-0.39, 0.29) is 17.9 Å². The van der Waals surface area contributed by atoms with Gasteiger partial charge >= 0.3 is 0 Å². The van der Waals surface area contributed by atoms with Gasteiger partial charge in [-0.15, -0.1) is 10.2 Å². The zero-order chi connectivity index (χ0) is 25.7. The van der Waals surface area contributed by atoms with E-state index in [2.05, 4.69) is 61.7 Å². The molecular formula is C27H40N6O2. The molecule has 0 radical (unpaired) electrons. The molecule has 0 saturated carbocycles. The molecule has 2 aromatic heterocycles. The molecule has 3 heterocycles. The van der Waals surface area contributed by atoms with Crippen LogP contribution < -0.4 is 0 Å². The molecule has 0 bridgehead atoms. The van der Waals surface area contributed by atoms with Gasteiger partial charge in [0.05, 0.1) is 5.69 Å². The minimum Gasteiger partial charge on any atom is -0.336 e. The van der Waals surface area contributed by atoms with Gasteiger partial charge in [-0.2, -0.15) is 0 Å². The largest absolute Gasteiger partial charge is 0.336 e. The summed E-state index contributed by atoms with van der Waals surface area (Å²) < 4.78 is 0. The molecule has 1 saturated heterocycles. The van der Waals surface area contributed by atoms with Crippen LogP contribution in [0.3, 0.4) is 0 Å². The maximum absolute atomic E-state index is 13.5. The molecule has 1 unspecified atom stereocenters. The number of nitrogens with zero attached hydrogens (tertiary/aromatic N) is 6. The van der Waals surface area contributed by atoms with Crippen molar-refractivity contribution < 1.29 is 9.59 Å². The van der Waals surface area contributed by atoms with E-state index in [0.717, 1.165) is 36.2 Å². The molecule has 0 spiro atoms. The minimum absolute atomic E-state index is 0.0213. The van der Waals surface area contributed by atoms with Crippen LogP contribution in [0, 0.1) is 17.8 Å². The third kappa shape index (κ3) is 7.05. The first-order valence-corrected chi connectivity index (χ1v) is 12.8. The predicted molar refractivity (Wildman–Crippen MR) is 137 cm³/mol. The van der Waals surface area contributed by atoms with Crippen molar-refractivity contribution in [2.45, 2.75) is 73.8 Å². The van der Waals surface area contributed by atoms with E-state index in [1.807, 2.05) is 21.9 Å². The molecule has 0 aliphatic carbocycles. The van der Waals surface area contributed by atoms with Crippen molar-refractivity contribution in [2.75, 3.05) is 19.6 Å². The molecule has 0 N–H and O–H groups in total. The van der Waals surface area contributed by atoms with E-state index in [0.29, 0.717) is 48.8 Å². The monoisotopic (exact) mass is 480 g/mol. The quantitative estimate of drug-likeness (QED) is 0.566. The highest BCUT2D eigenvalue weighted by Gasteiger charge is 2.32.